The first kappa shape index (κ1) is 17.0. The third-order valence-corrected chi connectivity index (χ3v) is 3.70. The highest BCUT2D eigenvalue weighted by molar-refractivity contribution is 6.31. The number of carbonyl (C=O) groups is 1. The molecule has 0 aliphatic heterocycles. The largest absolute Gasteiger partial charge is 0.383 e. The first-order valence-corrected chi connectivity index (χ1v) is 7.02. The van der Waals surface area contributed by atoms with Crippen LogP contribution in [0.1, 0.15) is 12.5 Å². The predicted molar refractivity (Wildman–Crippen MR) is 81.9 cm³/mol. The van der Waals surface area contributed by atoms with Gasteiger partial charge in [0.05, 0.1) is 12.6 Å². The highest BCUT2D eigenvalue weighted by Crippen LogP contribution is 2.17. The molecule has 1 aromatic carbocycles. The van der Waals surface area contributed by atoms with Crippen molar-refractivity contribution in [1.82, 2.24) is 9.80 Å². The van der Waals surface area contributed by atoms with Gasteiger partial charge in [-0.15, -0.1) is 0 Å². The maximum Gasteiger partial charge on any atom is 0.240 e. The molecule has 0 spiro atoms. The SMILES string of the molecule is COCCN(Cc1ccccc1Cl)C(=O)[C@H](C)N(C)C. The maximum absolute atomic E-state index is 12.5. The van der Waals surface area contributed by atoms with Crippen molar-refractivity contribution in [2.75, 3.05) is 34.4 Å². The second-order valence-corrected chi connectivity index (χ2v) is 5.39. The summed E-state index contributed by atoms with van der Waals surface area (Å²) in [6.07, 6.45) is 0. The van der Waals surface area contributed by atoms with Crippen molar-refractivity contribution >= 4 is 17.5 Å². The molecule has 0 bridgehead atoms. The number of hydrogen-bond donors (Lipinski definition) is 0. The van der Waals surface area contributed by atoms with E-state index in [0.717, 1.165) is 5.56 Å². The van der Waals surface area contributed by atoms with Gasteiger partial charge in [-0.2, -0.15) is 0 Å². The molecule has 0 N–H and O–H groups in total. The van der Waals surface area contributed by atoms with Crippen LogP contribution in [0.5, 0.6) is 0 Å². The third-order valence-electron chi connectivity index (χ3n) is 3.33. The van der Waals surface area contributed by atoms with E-state index in [-0.39, 0.29) is 11.9 Å². The van der Waals surface area contributed by atoms with Gasteiger partial charge in [0.25, 0.3) is 0 Å². The van der Waals surface area contributed by atoms with Crippen LogP contribution < -0.4 is 0 Å². The van der Waals surface area contributed by atoms with Crippen LogP contribution >= 0.6 is 11.6 Å². The van der Waals surface area contributed by atoms with Gasteiger partial charge < -0.3 is 9.64 Å². The Morgan fingerprint density at radius 2 is 2.00 bits per heavy atom. The normalized spacial score (nSPS) is 12.5. The van der Waals surface area contributed by atoms with Crippen LogP contribution in [0.2, 0.25) is 5.02 Å². The van der Waals surface area contributed by atoms with Crippen molar-refractivity contribution in [3.05, 3.63) is 34.9 Å². The fourth-order valence-corrected chi connectivity index (χ4v) is 1.98. The number of carbonyl (C=O) groups excluding carboxylic acids is 1. The number of ether oxygens (including phenoxy) is 1. The van der Waals surface area contributed by atoms with E-state index in [4.69, 9.17) is 16.3 Å². The van der Waals surface area contributed by atoms with Crippen LogP contribution in [0.4, 0.5) is 0 Å². The van der Waals surface area contributed by atoms with Crippen molar-refractivity contribution in [3.8, 4) is 0 Å². The Kier molecular flexibility index (Phi) is 6.99. The second-order valence-electron chi connectivity index (χ2n) is 4.98. The highest BCUT2D eigenvalue weighted by Gasteiger charge is 2.22. The molecule has 0 saturated heterocycles. The fraction of sp³-hybridized carbons (Fsp3) is 0.533. The number of hydrogen-bond acceptors (Lipinski definition) is 3. The lowest BCUT2D eigenvalue weighted by molar-refractivity contribution is -0.136. The molecule has 0 unspecified atom stereocenters. The Morgan fingerprint density at radius 3 is 2.55 bits per heavy atom. The molecule has 1 aromatic rings. The molecular weight excluding hydrogens is 276 g/mol. The summed E-state index contributed by atoms with van der Waals surface area (Å²) in [6.45, 7) is 3.46. The molecule has 0 aliphatic carbocycles. The number of halogens is 1. The van der Waals surface area contributed by atoms with Crippen LogP contribution in [0, 0.1) is 0 Å². The molecule has 112 valence electrons. The lowest BCUT2D eigenvalue weighted by atomic mass is 10.2. The second kappa shape index (κ2) is 8.25. The van der Waals surface area contributed by atoms with E-state index >= 15 is 0 Å². The molecule has 1 atom stereocenters. The quantitative estimate of drug-likeness (QED) is 0.774. The van der Waals surface area contributed by atoms with Gasteiger partial charge in [-0.05, 0) is 32.6 Å². The zero-order chi connectivity index (χ0) is 15.1. The van der Waals surface area contributed by atoms with Gasteiger partial charge in [0, 0.05) is 25.2 Å². The Bertz CT molecular complexity index is 438. The molecule has 0 saturated carbocycles. The monoisotopic (exact) mass is 298 g/mol. The molecule has 0 aromatic heterocycles. The van der Waals surface area contributed by atoms with Crippen molar-refractivity contribution < 1.29 is 9.53 Å². The Hall–Kier alpha value is -1.10. The molecule has 1 rings (SSSR count). The zero-order valence-corrected chi connectivity index (χ0v) is 13.4. The molecule has 1 amide bonds. The smallest absolute Gasteiger partial charge is 0.240 e. The number of amides is 1. The number of rotatable bonds is 7. The number of likely N-dealkylation sites (N-methyl/N-ethyl adjacent to an activating group) is 1. The minimum atomic E-state index is -0.172. The number of nitrogens with zero attached hydrogens (tertiary/aromatic N) is 2. The van der Waals surface area contributed by atoms with E-state index in [1.54, 1.807) is 12.0 Å². The topological polar surface area (TPSA) is 32.8 Å². The summed E-state index contributed by atoms with van der Waals surface area (Å²) in [7, 11) is 5.42. The van der Waals surface area contributed by atoms with E-state index in [1.807, 2.05) is 50.2 Å². The molecule has 20 heavy (non-hydrogen) atoms. The molecule has 4 nitrogen and oxygen atoms in total. The van der Waals surface area contributed by atoms with Gasteiger partial charge in [-0.1, -0.05) is 29.8 Å². The van der Waals surface area contributed by atoms with Gasteiger partial charge >= 0.3 is 0 Å². The van der Waals surface area contributed by atoms with Crippen LogP contribution in [0.3, 0.4) is 0 Å². The molecule has 5 heteroatoms. The lowest BCUT2D eigenvalue weighted by Crippen LogP contribution is -2.45. The summed E-state index contributed by atoms with van der Waals surface area (Å²) in [5.74, 6) is 0.0759. The number of benzene rings is 1. The first-order valence-electron chi connectivity index (χ1n) is 6.65. The average Bonchev–Trinajstić information content (AvgIpc) is 2.43. The third kappa shape index (κ3) is 4.78. The van der Waals surface area contributed by atoms with E-state index in [9.17, 15) is 4.79 Å². The van der Waals surface area contributed by atoms with Gasteiger partial charge in [-0.3, -0.25) is 9.69 Å². The van der Waals surface area contributed by atoms with Gasteiger partial charge in [-0.25, -0.2) is 0 Å². The van der Waals surface area contributed by atoms with Gasteiger partial charge in [0.15, 0.2) is 0 Å². The molecule has 0 radical (unpaired) electrons. The van der Waals surface area contributed by atoms with Crippen molar-refractivity contribution in [3.63, 3.8) is 0 Å². The zero-order valence-electron chi connectivity index (χ0n) is 12.6. The highest BCUT2D eigenvalue weighted by atomic mass is 35.5. The average molecular weight is 299 g/mol. The summed E-state index contributed by atoms with van der Waals surface area (Å²) in [4.78, 5) is 16.2. The molecule has 0 heterocycles. The summed E-state index contributed by atoms with van der Waals surface area (Å²) >= 11 is 6.17. The van der Waals surface area contributed by atoms with Crippen molar-refractivity contribution in [2.24, 2.45) is 0 Å². The predicted octanol–water partition coefficient (Wildman–Crippen LogP) is 2.27. The van der Waals surface area contributed by atoms with Gasteiger partial charge in [0.1, 0.15) is 0 Å². The molecular formula is C15H23ClN2O2. The van der Waals surface area contributed by atoms with E-state index in [2.05, 4.69) is 0 Å². The lowest BCUT2D eigenvalue weighted by Gasteiger charge is -2.29. The van der Waals surface area contributed by atoms with Crippen LogP contribution in [-0.4, -0.2) is 56.1 Å². The van der Waals surface area contributed by atoms with E-state index < -0.39 is 0 Å². The Labute approximate surface area is 126 Å². The maximum atomic E-state index is 12.5. The Balaban J connectivity index is 2.84. The minimum absolute atomic E-state index is 0.0759. The summed E-state index contributed by atoms with van der Waals surface area (Å²) < 4.78 is 5.09. The van der Waals surface area contributed by atoms with Crippen LogP contribution in [0.15, 0.2) is 24.3 Å². The minimum Gasteiger partial charge on any atom is -0.383 e. The van der Waals surface area contributed by atoms with Crippen LogP contribution in [0.25, 0.3) is 0 Å². The number of methoxy groups -OCH3 is 1. The first-order chi connectivity index (χ1) is 9.47. The summed E-state index contributed by atoms with van der Waals surface area (Å²) in [5, 5.41) is 0.681. The van der Waals surface area contributed by atoms with Crippen molar-refractivity contribution in [1.29, 1.82) is 0 Å². The Morgan fingerprint density at radius 1 is 1.35 bits per heavy atom. The van der Waals surface area contributed by atoms with E-state index in [0.29, 0.717) is 24.7 Å². The van der Waals surface area contributed by atoms with Gasteiger partial charge in [0.2, 0.25) is 5.91 Å². The fourth-order valence-electron chi connectivity index (χ4n) is 1.79. The van der Waals surface area contributed by atoms with Crippen molar-refractivity contribution in [2.45, 2.75) is 19.5 Å². The van der Waals surface area contributed by atoms with E-state index in [1.165, 1.54) is 0 Å². The van der Waals surface area contributed by atoms with Crippen LogP contribution in [-0.2, 0) is 16.1 Å². The molecule has 0 fully saturated rings. The standard InChI is InChI=1S/C15H23ClN2O2/c1-12(17(2)3)15(19)18(9-10-20-4)11-13-7-5-6-8-14(13)16/h5-8,12H,9-11H2,1-4H3/t12-/m0/s1. The summed E-state index contributed by atoms with van der Waals surface area (Å²) in [6, 6.07) is 7.42. The summed E-state index contributed by atoms with van der Waals surface area (Å²) in [5.41, 5.74) is 0.949. The molecule has 0 aliphatic rings.